The summed E-state index contributed by atoms with van der Waals surface area (Å²) in [5, 5.41) is 18.9. The second kappa shape index (κ2) is 6.79. The molecule has 2 aromatic rings. The molecule has 0 saturated heterocycles. The first-order valence-corrected chi connectivity index (χ1v) is 6.90. The van der Waals surface area contributed by atoms with Gasteiger partial charge >= 0.3 is 5.97 Å². The minimum Gasteiger partial charge on any atom is -0.508 e. The summed E-state index contributed by atoms with van der Waals surface area (Å²) in [5.41, 5.74) is 1.35. The Morgan fingerprint density at radius 3 is 2.52 bits per heavy atom. The van der Waals surface area contributed by atoms with Gasteiger partial charge in [0.15, 0.2) is 0 Å². The van der Waals surface area contributed by atoms with Gasteiger partial charge in [-0.15, -0.1) is 0 Å². The summed E-state index contributed by atoms with van der Waals surface area (Å²) in [6, 6.07) is 12.2. The summed E-state index contributed by atoms with van der Waals surface area (Å²) < 4.78 is 5.85. The number of carbonyl (C=O) groups is 1. The van der Waals surface area contributed by atoms with Gasteiger partial charge in [0.05, 0.1) is 6.42 Å². The highest BCUT2D eigenvalue weighted by Gasteiger charge is 2.12. The first-order chi connectivity index (χ1) is 10.1. The molecule has 21 heavy (non-hydrogen) atoms. The molecule has 0 unspecified atom stereocenters. The van der Waals surface area contributed by atoms with Crippen LogP contribution in [-0.4, -0.2) is 16.2 Å². The third kappa shape index (κ3) is 3.75. The average molecular weight is 286 g/mol. The molecule has 2 N–H and O–H groups in total. The van der Waals surface area contributed by atoms with Gasteiger partial charge in [-0.05, 0) is 24.6 Å². The number of carboxylic acids is 1. The van der Waals surface area contributed by atoms with Gasteiger partial charge in [-0.25, -0.2) is 0 Å². The van der Waals surface area contributed by atoms with E-state index >= 15 is 0 Å². The van der Waals surface area contributed by atoms with Gasteiger partial charge in [0.2, 0.25) is 0 Å². The molecule has 4 nitrogen and oxygen atoms in total. The van der Waals surface area contributed by atoms with Crippen molar-refractivity contribution in [3.63, 3.8) is 0 Å². The summed E-state index contributed by atoms with van der Waals surface area (Å²) in [6.45, 7) is 2.02. The number of phenols is 1. The first kappa shape index (κ1) is 14.9. The molecule has 0 aliphatic heterocycles. The van der Waals surface area contributed by atoms with Crippen LogP contribution in [0.25, 0.3) is 0 Å². The fraction of sp³-hybridized carbons (Fsp3) is 0.235. The van der Waals surface area contributed by atoms with Crippen LogP contribution in [0.3, 0.4) is 0 Å². The van der Waals surface area contributed by atoms with Gasteiger partial charge in [-0.2, -0.15) is 0 Å². The van der Waals surface area contributed by atoms with Crippen LogP contribution in [-0.2, 0) is 17.6 Å². The molecule has 0 amide bonds. The van der Waals surface area contributed by atoms with Crippen LogP contribution in [0.5, 0.6) is 17.2 Å². The Balaban J connectivity index is 2.34. The Morgan fingerprint density at radius 1 is 1.10 bits per heavy atom. The molecule has 2 rings (SSSR count). The summed E-state index contributed by atoms with van der Waals surface area (Å²) in [5.74, 6) is 0.360. The molecule has 0 aromatic heterocycles. The van der Waals surface area contributed by atoms with Crippen LogP contribution in [0.1, 0.15) is 24.5 Å². The van der Waals surface area contributed by atoms with E-state index in [0.29, 0.717) is 23.5 Å². The number of para-hydroxylation sites is 1. The fourth-order valence-electron chi connectivity index (χ4n) is 2.18. The Hall–Kier alpha value is -2.49. The Morgan fingerprint density at radius 2 is 1.81 bits per heavy atom. The van der Waals surface area contributed by atoms with Crippen LogP contribution in [0.4, 0.5) is 0 Å². The van der Waals surface area contributed by atoms with Crippen molar-refractivity contribution in [2.24, 2.45) is 0 Å². The third-order valence-electron chi connectivity index (χ3n) is 3.14. The molecule has 4 heteroatoms. The van der Waals surface area contributed by atoms with Crippen molar-refractivity contribution in [1.29, 1.82) is 0 Å². The van der Waals surface area contributed by atoms with Crippen LogP contribution in [0.15, 0.2) is 42.5 Å². The molecule has 0 radical (unpaired) electrons. The highest BCUT2D eigenvalue weighted by atomic mass is 16.5. The highest BCUT2D eigenvalue weighted by Crippen LogP contribution is 2.33. The van der Waals surface area contributed by atoms with Crippen LogP contribution < -0.4 is 4.74 Å². The van der Waals surface area contributed by atoms with E-state index in [9.17, 15) is 9.90 Å². The number of hydrogen-bond acceptors (Lipinski definition) is 3. The molecule has 0 saturated carbocycles. The number of aliphatic carboxylic acids is 1. The van der Waals surface area contributed by atoms with E-state index < -0.39 is 5.97 Å². The SMILES string of the molecule is CCCc1c(O)cccc1Oc1ccccc1CC(=O)O. The summed E-state index contributed by atoms with van der Waals surface area (Å²) >= 11 is 0. The maximum atomic E-state index is 10.9. The lowest BCUT2D eigenvalue weighted by atomic mass is 10.1. The Labute approximate surface area is 123 Å². The van der Waals surface area contributed by atoms with E-state index in [1.165, 1.54) is 0 Å². The van der Waals surface area contributed by atoms with Crippen molar-refractivity contribution in [1.82, 2.24) is 0 Å². The molecule has 0 fully saturated rings. The minimum atomic E-state index is -0.907. The predicted octanol–water partition coefficient (Wildman–Crippen LogP) is 3.76. The van der Waals surface area contributed by atoms with Crippen molar-refractivity contribution in [3.8, 4) is 17.2 Å². The number of ether oxygens (including phenoxy) is 1. The van der Waals surface area contributed by atoms with Crippen molar-refractivity contribution < 1.29 is 19.7 Å². The molecule has 0 spiro atoms. The third-order valence-corrected chi connectivity index (χ3v) is 3.14. The van der Waals surface area contributed by atoms with Gasteiger partial charge in [0, 0.05) is 11.1 Å². The van der Waals surface area contributed by atoms with Gasteiger partial charge in [0.25, 0.3) is 0 Å². The molecule has 0 bridgehead atoms. The fourth-order valence-corrected chi connectivity index (χ4v) is 2.18. The quantitative estimate of drug-likeness (QED) is 0.848. The summed E-state index contributed by atoms with van der Waals surface area (Å²) in [6.07, 6.45) is 1.48. The molecule has 0 aliphatic carbocycles. The molecular formula is C17H18O4. The molecule has 2 aromatic carbocycles. The van der Waals surface area contributed by atoms with E-state index in [1.807, 2.05) is 6.92 Å². The number of phenolic OH excluding ortho intramolecular Hbond substituents is 1. The number of rotatable bonds is 6. The van der Waals surface area contributed by atoms with E-state index in [0.717, 1.165) is 12.0 Å². The molecule has 110 valence electrons. The lowest BCUT2D eigenvalue weighted by Gasteiger charge is -2.14. The molecule has 0 heterocycles. The maximum absolute atomic E-state index is 10.9. The number of aromatic hydroxyl groups is 1. The standard InChI is InChI=1S/C17H18O4/c1-2-6-13-14(18)8-5-10-16(13)21-15-9-4-3-7-12(15)11-17(19)20/h3-5,7-10,18H,2,6,11H2,1H3,(H,19,20). The first-order valence-electron chi connectivity index (χ1n) is 6.90. The number of carboxylic acid groups (broad SMARTS) is 1. The maximum Gasteiger partial charge on any atom is 0.307 e. The average Bonchev–Trinajstić information content (AvgIpc) is 2.44. The van der Waals surface area contributed by atoms with Crippen molar-refractivity contribution in [2.45, 2.75) is 26.2 Å². The Kier molecular flexibility index (Phi) is 4.82. The molecule has 0 aliphatic rings. The smallest absolute Gasteiger partial charge is 0.307 e. The lowest BCUT2D eigenvalue weighted by molar-refractivity contribution is -0.136. The van der Waals surface area contributed by atoms with Gasteiger partial charge in [0.1, 0.15) is 17.2 Å². The van der Waals surface area contributed by atoms with Crippen molar-refractivity contribution in [2.75, 3.05) is 0 Å². The summed E-state index contributed by atoms with van der Waals surface area (Å²) in [7, 11) is 0. The topological polar surface area (TPSA) is 66.8 Å². The van der Waals surface area contributed by atoms with Gasteiger partial charge in [-0.1, -0.05) is 37.6 Å². The van der Waals surface area contributed by atoms with Crippen molar-refractivity contribution in [3.05, 3.63) is 53.6 Å². The molecular weight excluding hydrogens is 268 g/mol. The normalized spacial score (nSPS) is 10.3. The highest BCUT2D eigenvalue weighted by molar-refractivity contribution is 5.71. The minimum absolute atomic E-state index is 0.0991. The Bertz CT molecular complexity index is 634. The van der Waals surface area contributed by atoms with Crippen LogP contribution >= 0.6 is 0 Å². The van der Waals surface area contributed by atoms with Crippen molar-refractivity contribution >= 4 is 5.97 Å². The second-order valence-corrected chi connectivity index (χ2v) is 4.78. The van der Waals surface area contributed by atoms with Crippen LogP contribution in [0.2, 0.25) is 0 Å². The van der Waals surface area contributed by atoms with Gasteiger partial charge < -0.3 is 14.9 Å². The second-order valence-electron chi connectivity index (χ2n) is 4.78. The monoisotopic (exact) mass is 286 g/mol. The van der Waals surface area contributed by atoms with E-state index in [2.05, 4.69) is 0 Å². The van der Waals surface area contributed by atoms with Gasteiger partial charge in [-0.3, -0.25) is 4.79 Å². The predicted molar refractivity (Wildman–Crippen MR) is 80.0 cm³/mol. The zero-order valence-electron chi connectivity index (χ0n) is 11.9. The zero-order chi connectivity index (χ0) is 15.2. The number of benzene rings is 2. The lowest BCUT2D eigenvalue weighted by Crippen LogP contribution is -2.02. The van der Waals surface area contributed by atoms with E-state index in [-0.39, 0.29) is 12.2 Å². The zero-order valence-corrected chi connectivity index (χ0v) is 11.9. The summed E-state index contributed by atoms with van der Waals surface area (Å²) in [4.78, 5) is 10.9. The van der Waals surface area contributed by atoms with Crippen LogP contribution in [0, 0.1) is 0 Å². The largest absolute Gasteiger partial charge is 0.508 e. The molecule has 0 atom stereocenters. The van der Waals surface area contributed by atoms with E-state index in [1.54, 1.807) is 42.5 Å². The number of hydrogen-bond donors (Lipinski definition) is 2. The van der Waals surface area contributed by atoms with E-state index in [4.69, 9.17) is 9.84 Å².